The fraction of sp³-hybridized carbons (Fsp3) is 0.300. The van der Waals surface area contributed by atoms with Gasteiger partial charge in [0.25, 0.3) is 0 Å². The Morgan fingerprint density at radius 3 is 3.00 bits per heavy atom. The highest BCUT2D eigenvalue weighted by Crippen LogP contribution is 2.23. The topological polar surface area (TPSA) is 17.3 Å². The van der Waals surface area contributed by atoms with Crippen molar-refractivity contribution in [2.24, 2.45) is 4.99 Å². The summed E-state index contributed by atoms with van der Waals surface area (Å²) >= 11 is 0. The van der Waals surface area contributed by atoms with E-state index in [4.69, 9.17) is 0 Å². The van der Waals surface area contributed by atoms with Crippen molar-refractivity contribution in [3.63, 3.8) is 0 Å². The van der Waals surface area contributed by atoms with Crippen molar-refractivity contribution in [3.8, 4) is 0 Å². The third-order valence-electron chi connectivity index (χ3n) is 2.15. The molecule has 2 heteroatoms. The molecule has 62 valence electrons. The summed E-state index contributed by atoms with van der Waals surface area (Å²) in [6, 6.07) is 4.14. The molecule has 0 atom stereocenters. The molecule has 0 saturated carbocycles. The Labute approximate surface area is 72.2 Å². The van der Waals surface area contributed by atoms with Crippen LogP contribution in [0.2, 0.25) is 0 Å². The largest absolute Gasteiger partial charge is 0.304 e. The molecule has 0 bridgehead atoms. The number of aryl methyl sites for hydroxylation is 1. The van der Waals surface area contributed by atoms with E-state index in [0.29, 0.717) is 0 Å². The summed E-state index contributed by atoms with van der Waals surface area (Å²) in [5.41, 5.74) is 2.52. The zero-order valence-electron chi connectivity index (χ0n) is 7.41. The fourth-order valence-corrected chi connectivity index (χ4v) is 1.55. The van der Waals surface area contributed by atoms with Gasteiger partial charge in [-0.2, -0.15) is 0 Å². The number of nitrogens with zero attached hydrogens (tertiary/aromatic N) is 2. The Morgan fingerprint density at radius 1 is 1.33 bits per heavy atom. The standard InChI is InChI=1S/C10H12N2/c1-8-4-3-7-11-10-6-5-9(2)12(8)10/h4-7H,3H2,1-2H3. The predicted octanol–water partition coefficient (Wildman–Crippen LogP) is 2.76. The van der Waals surface area contributed by atoms with E-state index in [1.54, 1.807) is 0 Å². The summed E-state index contributed by atoms with van der Waals surface area (Å²) in [7, 11) is 0. The molecule has 0 unspecified atom stereocenters. The lowest BCUT2D eigenvalue weighted by molar-refractivity contribution is 1.03. The van der Waals surface area contributed by atoms with Gasteiger partial charge < -0.3 is 4.57 Å². The third-order valence-corrected chi connectivity index (χ3v) is 2.15. The van der Waals surface area contributed by atoms with Crippen LogP contribution in [0.15, 0.2) is 23.2 Å². The second-order valence-electron chi connectivity index (χ2n) is 3.06. The van der Waals surface area contributed by atoms with Crippen molar-refractivity contribution in [2.75, 3.05) is 0 Å². The number of aromatic nitrogens is 1. The van der Waals surface area contributed by atoms with Crippen LogP contribution in [0, 0.1) is 6.92 Å². The Balaban J connectivity index is 2.65. The first-order chi connectivity index (χ1) is 5.79. The van der Waals surface area contributed by atoms with Crippen molar-refractivity contribution < 1.29 is 0 Å². The molecular formula is C10H12N2. The molecule has 0 spiro atoms. The van der Waals surface area contributed by atoms with Crippen molar-refractivity contribution in [1.29, 1.82) is 0 Å². The Bertz CT molecular complexity index is 356. The van der Waals surface area contributed by atoms with Crippen molar-refractivity contribution >= 4 is 17.7 Å². The minimum absolute atomic E-state index is 0.937. The fourth-order valence-electron chi connectivity index (χ4n) is 1.55. The maximum absolute atomic E-state index is 4.34. The highest BCUT2D eigenvalue weighted by Gasteiger charge is 2.06. The predicted molar refractivity (Wildman–Crippen MR) is 51.9 cm³/mol. The maximum atomic E-state index is 4.34. The van der Waals surface area contributed by atoms with Crippen LogP contribution in [0.25, 0.3) is 5.70 Å². The van der Waals surface area contributed by atoms with Gasteiger partial charge in [-0.3, -0.25) is 0 Å². The maximum Gasteiger partial charge on any atom is 0.136 e. The van der Waals surface area contributed by atoms with Crippen LogP contribution >= 0.6 is 0 Å². The van der Waals surface area contributed by atoms with Gasteiger partial charge in [0.2, 0.25) is 0 Å². The van der Waals surface area contributed by atoms with Gasteiger partial charge in [0.1, 0.15) is 5.82 Å². The lowest BCUT2D eigenvalue weighted by Gasteiger charge is -2.06. The molecule has 12 heavy (non-hydrogen) atoms. The molecule has 2 nitrogen and oxygen atoms in total. The molecule has 1 aliphatic rings. The zero-order valence-corrected chi connectivity index (χ0v) is 7.41. The van der Waals surface area contributed by atoms with Crippen LogP contribution < -0.4 is 0 Å². The van der Waals surface area contributed by atoms with Gasteiger partial charge in [0, 0.05) is 24.0 Å². The molecule has 0 saturated heterocycles. The monoisotopic (exact) mass is 160 g/mol. The number of hydrogen-bond donors (Lipinski definition) is 0. The first kappa shape index (κ1) is 7.35. The number of fused-ring (bicyclic) bond motifs is 1. The number of aliphatic imine (C=N–C) groups is 1. The molecule has 1 aliphatic heterocycles. The van der Waals surface area contributed by atoms with Crippen molar-refractivity contribution in [3.05, 3.63) is 23.9 Å². The van der Waals surface area contributed by atoms with E-state index < -0.39 is 0 Å². The molecule has 0 N–H and O–H groups in total. The summed E-state index contributed by atoms with van der Waals surface area (Å²) in [5, 5.41) is 0. The second kappa shape index (κ2) is 2.63. The second-order valence-corrected chi connectivity index (χ2v) is 3.06. The molecule has 1 aromatic heterocycles. The summed E-state index contributed by atoms with van der Waals surface area (Å²) in [5.74, 6) is 1.04. The zero-order chi connectivity index (χ0) is 8.55. The highest BCUT2D eigenvalue weighted by atomic mass is 15.1. The van der Waals surface area contributed by atoms with E-state index in [2.05, 4.69) is 41.6 Å². The molecular weight excluding hydrogens is 148 g/mol. The molecule has 0 amide bonds. The number of hydrogen-bond acceptors (Lipinski definition) is 1. The highest BCUT2D eigenvalue weighted by molar-refractivity contribution is 5.70. The first-order valence-corrected chi connectivity index (χ1v) is 4.17. The van der Waals surface area contributed by atoms with Gasteiger partial charge >= 0.3 is 0 Å². The summed E-state index contributed by atoms with van der Waals surface area (Å²) < 4.78 is 2.17. The molecule has 0 aromatic carbocycles. The molecule has 0 aliphatic carbocycles. The van der Waals surface area contributed by atoms with Gasteiger partial charge in [-0.05, 0) is 26.0 Å². The quantitative estimate of drug-likeness (QED) is 0.555. The van der Waals surface area contributed by atoms with Gasteiger partial charge in [-0.15, -0.1) is 0 Å². The van der Waals surface area contributed by atoms with E-state index in [9.17, 15) is 0 Å². The van der Waals surface area contributed by atoms with E-state index in [1.807, 2.05) is 6.21 Å². The van der Waals surface area contributed by atoms with Crippen LogP contribution in [-0.2, 0) is 0 Å². The van der Waals surface area contributed by atoms with Crippen molar-refractivity contribution in [2.45, 2.75) is 20.3 Å². The normalized spacial score (nSPS) is 15.3. The summed E-state index contributed by atoms with van der Waals surface area (Å²) in [4.78, 5) is 4.34. The van der Waals surface area contributed by atoms with E-state index in [1.165, 1.54) is 11.4 Å². The minimum atomic E-state index is 0.937. The first-order valence-electron chi connectivity index (χ1n) is 4.17. The van der Waals surface area contributed by atoms with Crippen LogP contribution in [0.3, 0.4) is 0 Å². The Kier molecular flexibility index (Phi) is 1.61. The SMILES string of the molecule is CC1=CCC=Nc2ccc(C)n21. The van der Waals surface area contributed by atoms with Crippen LogP contribution in [0.1, 0.15) is 19.0 Å². The van der Waals surface area contributed by atoms with Gasteiger partial charge in [-0.1, -0.05) is 6.08 Å². The van der Waals surface area contributed by atoms with Gasteiger partial charge in [-0.25, -0.2) is 4.99 Å². The lowest BCUT2D eigenvalue weighted by atomic mass is 10.3. The van der Waals surface area contributed by atoms with Crippen LogP contribution in [0.4, 0.5) is 5.82 Å². The average molecular weight is 160 g/mol. The van der Waals surface area contributed by atoms with E-state index in [-0.39, 0.29) is 0 Å². The molecule has 2 heterocycles. The summed E-state index contributed by atoms with van der Waals surface area (Å²) in [6.07, 6.45) is 5.07. The third kappa shape index (κ3) is 0.998. The number of allylic oxidation sites excluding steroid dienone is 2. The van der Waals surface area contributed by atoms with Gasteiger partial charge in [0.15, 0.2) is 0 Å². The average Bonchev–Trinajstić information content (AvgIpc) is 2.29. The lowest BCUT2D eigenvalue weighted by Crippen LogP contribution is -1.93. The van der Waals surface area contributed by atoms with E-state index >= 15 is 0 Å². The van der Waals surface area contributed by atoms with Crippen molar-refractivity contribution in [1.82, 2.24) is 4.57 Å². The molecule has 0 radical (unpaired) electrons. The number of rotatable bonds is 0. The van der Waals surface area contributed by atoms with Gasteiger partial charge in [0.05, 0.1) is 0 Å². The minimum Gasteiger partial charge on any atom is -0.304 e. The van der Waals surface area contributed by atoms with Crippen LogP contribution in [-0.4, -0.2) is 10.8 Å². The Hall–Kier alpha value is -1.31. The summed E-state index contributed by atoms with van der Waals surface area (Å²) in [6.45, 7) is 4.22. The molecule has 1 aromatic rings. The van der Waals surface area contributed by atoms with Crippen LogP contribution in [0.5, 0.6) is 0 Å². The smallest absolute Gasteiger partial charge is 0.136 e. The molecule has 0 fully saturated rings. The van der Waals surface area contributed by atoms with E-state index in [0.717, 1.165) is 12.2 Å². The Morgan fingerprint density at radius 2 is 2.17 bits per heavy atom. The molecule has 2 rings (SSSR count).